The average Bonchev–Trinajstić information content (AvgIpc) is 3.61. The molecule has 12 nitrogen and oxygen atoms in total. The van der Waals surface area contributed by atoms with Crippen molar-refractivity contribution < 1.29 is 47.2 Å². The molecule has 42 heavy (non-hydrogen) atoms. The van der Waals surface area contributed by atoms with E-state index >= 15 is 0 Å². The third-order valence-electron chi connectivity index (χ3n) is 8.13. The second kappa shape index (κ2) is 12.5. The first kappa shape index (κ1) is 30.2. The number of amides is 1. The summed E-state index contributed by atoms with van der Waals surface area (Å²) in [6.45, 7) is 1.80. The maximum absolute atomic E-state index is 14.4. The van der Waals surface area contributed by atoms with Gasteiger partial charge in [0, 0.05) is 32.1 Å². The predicted octanol–water partition coefficient (Wildman–Crippen LogP) is 2.63. The Morgan fingerprint density at radius 2 is 1.98 bits per heavy atom. The maximum atomic E-state index is 14.4. The third kappa shape index (κ3) is 5.96. The van der Waals surface area contributed by atoms with Gasteiger partial charge in [-0.2, -0.15) is 0 Å². The second-order valence-corrected chi connectivity index (χ2v) is 10.8. The van der Waals surface area contributed by atoms with Crippen LogP contribution in [0.3, 0.4) is 0 Å². The van der Waals surface area contributed by atoms with E-state index in [2.05, 4.69) is 20.8 Å². The molecule has 2 aliphatic heterocycles. The number of oxime groups is 1. The van der Waals surface area contributed by atoms with Gasteiger partial charge < -0.3 is 34.6 Å². The van der Waals surface area contributed by atoms with Crippen molar-refractivity contribution in [1.82, 2.24) is 20.3 Å². The highest BCUT2D eigenvalue weighted by molar-refractivity contribution is 5.86. The zero-order valence-electron chi connectivity index (χ0n) is 23.2. The highest BCUT2D eigenvalue weighted by Gasteiger charge is 2.49. The fraction of sp³-hybridized carbons (Fsp3) is 0.630. The summed E-state index contributed by atoms with van der Waals surface area (Å²) >= 11 is 0. The van der Waals surface area contributed by atoms with Crippen LogP contribution in [0.25, 0.3) is 11.3 Å². The lowest BCUT2D eigenvalue weighted by Gasteiger charge is -2.43. The van der Waals surface area contributed by atoms with E-state index in [4.69, 9.17) is 19.0 Å². The molecule has 1 aromatic heterocycles. The molecular formula is C27H34F3N5O7. The maximum Gasteiger partial charge on any atom is 0.407 e. The molecule has 2 aromatic rings. The number of nitrogens with zero attached hydrogens (tertiary/aromatic N) is 4. The summed E-state index contributed by atoms with van der Waals surface area (Å²) in [6, 6.07) is 0.897. The van der Waals surface area contributed by atoms with E-state index in [1.54, 1.807) is 0 Å². The Hall–Kier alpha value is -3.27. The van der Waals surface area contributed by atoms with E-state index in [-0.39, 0.29) is 23.8 Å². The van der Waals surface area contributed by atoms with Crippen LogP contribution >= 0.6 is 0 Å². The normalized spacial score (nSPS) is 31.1. The zero-order valence-corrected chi connectivity index (χ0v) is 23.2. The number of benzene rings is 1. The number of alkyl carbamates (subject to hydrolysis) is 1. The Labute approximate surface area is 239 Å². The van der Waals surface area contributed by atoms with Crippen LogP contribution in [0.1, 0.15) is 51.5 Å². The molecule has 1 aliphatic carbocycles. The fourth-order valence-corrected chi connectivity index (χ4v) is 5.98. The van der Waals surface area contributed by atoms with Crippen LogP contribution in [0.15, 0.2) is 23.5 Å². The average molecular weight is 598 g/mol. The number of hydrogen-bond acceptors (Lipinski definition) is 10. The van der Waals surface area contributed by atoms with Crippen LogP contribution in [0.5, 0.6) is 0 Å². The minimum absolute atomic E-state index is 0.0840. The van der Waals surface area contributed by atoms with Crippen LogP contribution in [-0.4, -0.2) is 93.4 Å². The number of rotatable bonds is 8. The molecule has 2 fully saturated rings. The van der Waals surface area contributed by atoms with Gasteiger partial charge in [-0.25, -0.2) is 22.6 Å². The van der Waals surface area contributed by atoms with E-state index in [1.807, 2.05) is 6.92 Å². The lowest BCUT2D eigenvalue weighted by atomic mass is 9.79. The molecule has 1 saturated carbocycles. The molecular weight excluding hydrogens is 563 g/mol. The summed E-state index contributed by atoms with van der Waals surface area (Å²) < 4.78 is 60.1. The highest BCUT2D eigenvalue weighted by Crippen LogP contribution is 2.41. The number of methoxy groups -OCH3 is 1. The molecule has 5 rings (SSSR count). The van der Waals surface area contributed by atoms with Crippen molar-refractivity contribution in [2.24, 2.45) is 5.16 Å². The second-order valence-electron chi connectivity index (χ2n) is 10.8. The first-order chi connectivity index (χ1) is 20.2. The van der Waals surface area contributed by atoms with Crippen molar-refractivity contribution >= 4 is 11.8 Å². The van der Waals surface area contributed by atoms with E-state index < -0.39 is 66.2 Å². The van der Waals surface area contributed by atoms with E-state index in [0.29, 0.717) is 44.4 Å². The minimum atomic E-state index is -1.64. The molecule has 1 saturated heterocycles. The number of carbonyl (C=O) groups excluding carboxylic acids is 1. The minimum Gasteiger partial charge on any atom is -0.446 e. The standard InChI is InChI=1S/C27H34F3N5O7/c1-3-31-26(38)40-15-6-8-27(9-7-15)11-14(33-42-27)10-19-25(39-2)23(24(37)20(13-36)41-19)35-12-18(32-34-35)16-4-5-17(28)22(30)21(16)29/h4-5,12,15,19-20,23-25,36-37H,3,6-11,13H2,1-2H3,(H,31,38)/t15?,19-,20-,23+,24+,25+,27?/m1/s1. The van der Waals surface area contributed by atoms with Crippen LogP contribution in [0, 0.1) is 17.5 Å². The summed E-state index contributed by atoms with van der Waals surface area (Å²) in [5.41, 5.74) is -0.197. The number of aliphatic hydroxyl groups is 2. The first-order valence-corrected chi connectivity index (χ1v) is 13.9. The smallest absolute Gasteiger partial charge is 0.407 e. The molecule has 3 N–H and O–H groups in total. The molecule has 3 heterocycles. The summed E-state index contributed by atoms with van der Waals surface area (Å²) in [7, 11) is 1.43. The number of ether oxygens (including phenoxy) is 3. The van der Waals surface area contributed by atoms with Gasteiger partial charge in [0.15, 0.2) is 17.5 Å². The molecule has 0 unspecified atom stereocenters. The number of hydrogen-bond donors (Lipinski definition) is 3. The monoisotopic (exact) mass is 597 g/mol. The number of aromatic nitrogens is 3. The van der Waals surface area contributed by atoms with E-state index in [1.165, 1.54) is 18.0 Å². The van der Waals surface area contributed by atoms with Crippen LogP contribution in [0.2, 0.25) is 0 Å². The summed E-state index contributed by atoms with van der Waals surface area (Å²) in [6.07, 6.45) is 0.180. The van der Waals surface area contributed by atoms with Crippen molar-refractivity contribution in [2.45, 2.75) is 87.6 Å². The van der Waals surface area contributed by atoms with Gasteiger partial charge in [0.25, 0.3) is 0 Å². The zero-order chi connectivity index (χ0) is 30.0. The number of aliphatic hydroxyl groups excluding tert-OH is 2. The van der Waals surface area contributed by atoms with E-state index in [0.717, 1.165) is 12.1 Å². The molecule has 5 atom stereocenters. The molecule has 1 amide bonds. The van der Waals surface area contributed by atoms with Crippen molar-refractivity contribution in [1.29, 1.82) is 0 Å². The van der Waals surface area contributed by atoms with Crippen molar-refractivity contribution in [3.05, 3.63) is 35.8 Å². The van der Waals surface area contributed by atoms with Gasteiger partial charge in [-0.1, -0.05) is 10.4 Å². The molecule has 1 spiro atoms. The lowest BCUT2D eigenvalue weighted by molar-refractivity contribution is -0.210. The van der Waals surface area contributed by atoms with Crippen LogP contribution in [0.4, 0.5) is 18.0 Å². The van der Waals surface area contributed by atoms with Gasteiger partial charge in [-0.15, -0.1) is 5.10 Å². The van der Waals surface area contributed by atoms with Gasteiger partial charge in [-0.3, -0.25) is 0 Å². The number of nitrogens with one attached hydrogen (secondary N) is 1. The van der Waals surface area contributed by atoms with Crippen LogP contribution in [-0.2, 0) is 19.0 Å². The Bertz CT molecular complexity index is 1300. The Morgan fingerprint density at radius 1 is 1.21 bits per heavy atom. The molecule has 1 aromatic carbocycles. The van der Waals surface area contributed by atoms with E-state index in [9.17, 15) is 28.2 Å². The quantitative estimate of drug-likeness (QED) is 0.391. The highest BCUT2D eigenvalue weighted by atomic mass is 19.2. The Balaban J connectivity index is 1.29. The first-order valence-electron chi connectivity index (χ1n) is 13.9. The lowest BCUT2D eigenvalue weighted by Crippen LogP contribution is -2.57. The molecule has 3 aliphatic rings. The largest absolute Gasteiger partial charge is 0.446 e. The van der Waals surface area contributed by atoms with Gasteiger partial charge in [0.05, 0.1) is 24.6 Å². The molecule has 15 heteroatoms. The molecule has 0 radical (unpaired) electrons. The van der Waals surface area contributed by atoms with Gasteiger partial charge >= 0.3 is 6.09 Å². The van der Waals surface area contributed by atoms with Crippen molar-refractivity contribution in [3.8, 4) is 11.3 Å². The predicted molar refractivity (Wildman–Crippen MR) is 140 cm³/mol. The van der Waals surface area contributed by atoms with Crippen molar-refractivity contribution in [3.63, 3.8) is 0 Å². The Kier molecular flexibility index (Phi) is 9.01. The Morgan fingerprint density at radius 3 is 2.67 bits per heavy atom. The summed E-state index contributed by atoms with van der Waals surface area (Å²) in [5, 5.41) is 35.9. The molecule has 0 bridgehead atoms. The van der Waals surface area contributed by atoms with Gasteiger partial charge in [0.1, 0.15) is 41.8 Å². The van der Waals surface area contributed by atoms with Gasteiger partial charge in [0.2, 0.25) is 0 Å². The van der Waals surface area contributed by atoms with Crippen LogP contribution < -0.4 is 5.32 Å². The van der Waals surface area contributed by atoms with Crippen molar-refractivity contribution in [2.75, 3.05) is 20.3 Å². The molecule has 230 valence electrons. The summed E-state index contributed by atoms with van der Waals surface area (Å²) in [4.78, 5) is 17.7. The number of carbonyl (C=O) groups is 1. The fourth-order valence-electron chi connectivity index (χ4n) is 5.98. The topological polar surface area (TPSA) is 150 Å². The SMILES string of the molecule is CCNC(=O)OC1CCC2(CC1)CC(C[C@H]1O[C@H](CO)[C@H](O)[C@H](n3cc(-c4ccc(F)c(F)c4F)nn3)[C@H]1OC)=NO2. The summed E-state index contributed by atoms with van der Waals surface area (Å²) in [5.74, 6) is -4.39. The number of halogens is 3. The van der Waals surface area contributed by atoms with Gasteiger partial charge in [-0.05, 0) is 44.7 Å². The third-order valence-corrected chi connectivity index (χ3v) is 8.13.